The molecule has 0 saturated carbocycles. The maximum atomic E-state index is 13.0. The second-order valence-corrected chi connectivity index (χ2v) is 6.59. The number of ether oxygens (including phenoxy) is 1. The van der Waals surface area contributed by atoms with E-state index in [1.54, 1.807) is 26.2 Å². The van der Waals surface area contributed by atoms with Crippen LogP contribution in [0.3, 0.4) is 0 Å². The fourth-order valence-corrected chi connectivity index (χ4v) is 2.96. The predicted molar refractivity (Wildman–Crippen MR) is 103 cm³/mol. The highest BCUT2D eigenvalue weighted by atomic mass is 32.1. The fourth-order valence-electron chi connectivity index (χ4n) is 2.72. The second-order valence-electron chi connectivity index (χ2n) is 6.20. The van der Waals surface area contributed by atoms with Gasteiger partial charge in [-0.2, -0.15) is 0 Å². The van der Waals surface area contributed by atoms with Gasteiger partial charge in [-0.25, -0.2) is 4.39 Å². The summed E-state index contributed by atoms with van der Waals surface area (Å²) in [5.74, 6) is 0.221. The summed E-state index contributed by atoms with van der Waals surface area (Å²) in [6.07, 6.45) is -0.634. The van der Waals surface area contributed by atoms with Gasteiger partial charge in [0, 0.05) is 20.6 Å². The number of thiocarbonyl (C=S) groups is 1. The number of nitrogens with one attached hydrogen (secondary N) is 1. The van der Waals surface area contributed by atoms with Crippen molar-refractivity contribution < 1.29 is 13.9 Å². The van der Waals surface area contributed by atoms with Gasteiger partial charge in [-0.3, -0.25) is 4.79 Å². The summed E-state index contributed by atoms with van der Waals surface area (Å²) < 4.78 is 18.9. The van der Waals surface area contributed by atoms with Gasteiger partial charge < -0.3 is 19.9 Å². The first-order valence-corrected chi connectivity index (χ1v) is 8.63. The largest absolute Gasteiger partial charge is 0.476 e. The monoisotopic (exact) mass is 373 g/mol. The van der Waals surface area contributed by atoms with Crippen molar-refractivity contribution in [1.82, 2.24) is 10.2 Å². The van der Waals surface area contributed by atoms with Crippen molar-refractivity contribution in [3.63, 3.8) is 0 Å². The van der Waals surface area contributed by atoms with Gasteiger partial charge in [-0.1, -0.05) is 24.3 Å². The van der Waals surface area contributed by atoms with Crippen LogP contribution in [-0.4, -0.2) is 42.7 Å². The molecule has 136 valence electrons. The Hall–Kier alpha value is -2.67. The van der Waals surface area contributed by atoms with Crippen LogP contribution in [-0.2, 0) is 11.3 Å². The van der Waals surface area contributed by atoms with E-state index in [9.17, 15) is 9.18 Å². The van der Waals surface area contributed by atoms with Crippen LogP contribution in [0.15, 0.2) is 48.5 Å². The van der Waals surface area contributed by atoms with Crippen molar-refractivity contribution in [3.05, 3.63) is 59.9 Å². The van der Waals surface area contributed by atoms with Crippen LogP contribution in [0.25, 0.3) is 0 Å². The van der Waals surface area contributed by atoms with Gasteiger partial charge in [0.2, 0.25) is 0 Å². The van der Waals surface area contributed by atoms with Crippen LogP contribution in [0.1, 0.15) is 5.56 Å². The van der Waals surface area contributed by atoms with Crippen molar-refractivity contribution in [2.75, 3.05) is 25.5 Å². The summed E-state index contributed by atoms with van der Waals surface area (Å²) in [7, 11) is 3.39. The number of anilines is 1. The minimum absolute atomic E-state index is 0.120. The number of likely N-dealkylation sites (N-methyl/N-ethyl adjacent to an activating group) is 1. The molecular weight excluding hydrogens is 353 g/mol. The Morgan fingerprint density at radius 1 is 1.27 bits per heavy atom. The Kier molecular flexibility index (Phi) is 5.37. The fraction of sp³-hybridized carbons (Fsp3) is 0.263. The topological polar surface area (TPSA) is 44.8 Å². The lowest BCUT2D eigenvalue weighted by molar-refractivity contribution is -0.135. The molecule has 1 amide bonds. The molecule has 0 bridgehead atoms. The van der Waals surface area contributed by atoms with Gasteiger partial charge in [0.1, 0.15) is 11.6 Å². The number of halogens is 1. The lowest BCUT2D eigenvalue weighted by atomic mass is 10.2. The molecular formula is C19H20FN3O2S. The van der Waals surface area contributed by atoms with Crippen LogP contribution >= 0.6 is 12.2 Å². The van der Waals surface area contributed by atoms with E-state index in [1.165, 1.54) is 17.0 Å². The number of benzene rings is 2. The first kappa shape index (κ1) is 18.1. The Bertz CT molecular complexity index is 811. The van der Waals surface area contributed by atoms with Crippen LogP contribution in [0, 0.1) is 5.82 Å². The van der Waals surface area contributed by atoms with E-state index in [2.05, 4.69) is 5.32 Å². The number of nitrogens with zero attached hydrogens (tertiary/aromatic N) is 2. The number of hydrogen-bond acceptors (Lipinski definition) is 3. The van der Waals surface area contributed by atoms with Crippen LogP contribution in [0.4, 0.5) is 10.1 Å². The molecule has 2 aromatic rings. The van der Waals surface area contributed by atoms with E-state index >= 15 is 0 Å². The Morgan fingerprint density at radius 3 is 2.65 bits per heavy atom. The third kappa shape index (κ3) is 3.94. The molecule has 0 fully saturated rings. The first-order chi connectivity index (χ1) is 12.5. The Morgan fingerprint density at radius 2 is 1.96 bits per heavy atom. The zero-order valence-corrected chi connectivity index (χ0v) is 15.4. The van der Waals surface area contributed by atoms with Crippen LogP contribution < -0.4 is 15.0 Å². The van der Waals surface area contributed by atoms with E-state index in [0.29, 0.717) is 24.0 Å². The molecule has 2 aromatic carbocycles. The summed E-state index contributed by atoms with van der Waals surface area (Å²) >= 11 is 5.54. The summed E-state index contributed by atoms with van der Waals surface area (Å²) in [5.41, 5.74) is 1.73. The summed E-state index contributed by atoms with van der Waals surface area (Å²) in [6.45, 7) is 0.786. The van der Waals surface area contributed by atoms with Gasteiger partial charge >= 0.3 is 0 Å². The number of fused-ring (bicyclic) bond motifs is 1. The zero-order valence-electron chi connectivity index (χ0n) is 14.6. The molecule has 0 saturated heterocycles. The predicted octanol–water partition coefficient (Wildman–Crippen LogP) is 2.56. The smallest absolute Gasteiger partial charge is 0.265 e. The van der Waals surface area contributed by atoms with E-state index in [0.717, 1.165) is 11.3 Å². The molecule has 1 unspecified atom stereocenters. The minimum Gasteiger partial charge on any atom is -0.476 e. The molecule has 0 aliphatic carbocycles. The SMILES string of the molecule is CN(C)C(=O)C1CN(C(=S)NCc2ccc(F)cc2)c2ccccc2O1. The van der Waals surface area contributed by atoms with Crippen molar-refractivity contribution >= 4 is 28.9 Å². The second kappa shape index (κ2) is 7.70. The molecule has 7 heteroatoms. The molecule has 0 aromatic heterocycles. The molecule has 0 spiro atoms. The molecule has 1 N–H and O–H groups in total. The van der Waals surface area contributed by atoms with Crippen molar-refractivity contribution in [2.24, 2.45) is 0 Å². The van der Waals surface area contributed by atoms with E-state index in [-0.39, 0.29) is 11.7 Å². The highest BCUT2D eigenvalue weighted by Crippen LogP contribution is 2.33. The molecule has 5 nitrogen and oxygen atoms in total. The average molecular weight is 373 g/mol. The number of carbonyl (C=O) groups excluding carboxylic acids is 1. The maximum Gasteiger partial charge on any atom is 0.265 e. The molecule has 1 atom stereocenters. The third-order valence-corrected chi connectivity index (χ3v) is 4.46. The first-order valence-electron chi connectivity index (χ1n) is 8.22. The molecule has 1 aliphatic heterocycles. The molecule has 1 aliphatic rings. The third-order valence-electron chi connectivity index (χ3n) is 4.09. The van der Waals surface area contributed by atoms with E-state index in [4.69, 9.17) is 17.0 Å². The summed E-state index contributed by atoms with van der Waals surface area (Å²) in [4.78, 5) is 15.7. The minimum atomic E-state index is -0.634. The van der Waals surface area contributed by atoms with Gasteiger partial charge in [0.25, 0.3) is 5.91 Å². The number of hydrogen-bond donors (Lipinski definition) is 1. The number of rotatable bonds is 3. The van der Waals surface area contributed by atoms with Crippen molar-refractivity contribution in [3.8, 4) is 5.75 Å². The van der Waals surface area contributed by atoms with Crippen LogP contribution in [0.5, 0.6) is 5.75 Å². The Labute approximate surface area is 157 Å². The number of carbonyl (C=O) groups is 1. The molecule has 26 heavy (non-hydrogen) atoms. The standard InChI is InChI=1S/C19H20FN3O2S/c1-22(2)18(24)17-12-23(15-5-3-4-6-16(15)25-17)19(26)21-11-13-7-9-14(20)10-8-13/h3-10,17H,11-12H2,1-2H3,(H,21,26). The van der Waals surface area contributed by atoms with E-state index < -0.39 is 6.10 Å². The van der Waals surface area contributed by atoms with Crippen LogP contribution in [0.2, 0.25) is 0 Å². The number of para-hydroxylation sites is 2. The van der Waals surface area contributed by atoms with Crippen molar-refractivity contribution in [1.29, 1.82) is 0 Å². The zero-order chi connectivity index (χ0) is 18.7. The van der Waals surface area contributed by atoms with E-state index in [1.807, 2.05) is 29.2 Å². The highest BCUT2D eigenvalue weighted by molar-refractivity contribution is 7.80. The van der Waals surface area contributed by atoms with Gasteiger partial charge in [0.05, 0.1) is 12.2 Å². The Balaban J connectivity index is 1.76. The number of amides is 1. The summed E-state index contributed by atoms with van der Waals surface area (Å²) in [5, 5.41) is 3.66. The molecule has 1 heterocycles. The highest BCUT2D eigenvalue weighted by Gasteiger charge is 2.33. The summed E-state index contributed by atoms with van der Waals surface area (Å²) in [6, 6.07) is 13.7. The van der Waals surface area contributed by atoms with Gasteiger partial charge in [-0.05, 0) is 42.0 Å². The average Bonchev–Trinajstić information content (AvgIpc) is 2.65. The normalized spacial score (nSPS) is 15.7. The lowest BCUT2D eigenvalue weighted by Gasteiger charge is -2.36. The quantitative estimate of drug-likeness (QED) is 0.838. The maximum absolute atomic E-state index is 13.0. The molecule has 3 rings (SSSR count). The van der Waals surface area contributed by atoms with Gasteiger partial charge in [-0.15, -0.1) is 0 Å². The molecule has 0 radical (unpaired) electrons. The van der Waals surface area contributed by atoms with Crippen molar-refractivity contribution in [2.45, 2.75) is 12.6 Å². The van der Waals surface area contributed by atoms with Gasteiger partial charge in [0.15, 0.2) is 11.2 Å². The lowest BCUT2D eigenvalue weighted by Crippen LogP contribution is -2.52.